The van der Waals surface area contributed by atoms with Crippen LogP contribution in [0, 0.1) is 5.92 Å². The summed E-state index contributed by atoms with van der Waals surface area (Å²) in [5, 5.41) is 6.92. The largest absolute Gasteiger partial charge is 0.354 e. The molecule has 1 fully saturated rings. The highest BCUT2D eigenvalue weighted by Crippen LogP contribution is 2.29. The Labute approximate surface area is 179 Å². The molecule has 0 bridgehead atoms. The third kappa shape index (κ3) is 4.39. The van der Waals surface area contributed by atoms with E-state index in [4.69, 9.17) is 4.52 Å². The summed E-state index contributed by atoms with van der Waals surface area (Å²) in [5.41, 5.74) is 0.743. The number of rotatable bonds is 7. The second-order valence-corrected chi connectivity index (χ2v) is 9.78. The molecule has 3 aromatic heterocycles. The van der Waals surface area contributed by atoms with E-state index in [-0.39, 0.29) is 30.0 Å². The fraction of sp³-hybridized carbons (Fsp3) is 0.474. The maximum Gasteiger partial charge on any atom is 0.289 e. The molecule has 31 heavy (non-hydrogen) atoms. The fourth-order valence-corrected chi connectivity index (χ4v) is 5.30. The number of sulfonamides is 1. The third-order valence-electron chi connectivity index (χ3n) is 5.75. The van der Waals surface area contributed by atoms with Gasteiger partial charge in [-0.05, 0) is 18.4 Å². The van der Waals surface area contributed by atoms with Crippen molar-refractivity contribution in [1.29, 1.82) is 0 Å². The second kappa shape index (κ2) is 8.63. The highest BCUT2D eigenvalue weighted by molar-refractivity contribution is 7.89. The van der Waals surface area contributed by atoms with Gasteiger partial charge in [-0.2, -0.15) is 4.31 Å². The van der Waals surface area contributed by atoms with Crippen LogP contribution in [0.3, 0.4) is 0 Å². The number of fused-ring (bicyclic) bond motifs is 1. The van der Waals surface area contributed by atoms with Gasteiger partial charge in [0.1, 0.15) is 17.8 Å². The molecule has 1 aliphatic rings. The van der Waals surface area contributed by atoms with Gasteiger partial charge in [-0.25, -0.2) is 18.4 Å². The van der Waals surface area contributed by atoms with E-state index in [0.29, 0.717) is 13.1 Å². The van der Waals surface area contributed by atoms with E-state index >= 15 is 0 Å². The average Bonchev–Trinajstić information content (AvgIpc) is 3.45. The van der Waals surface area contributed by atoms with Crippen molar-refractivity contribution in [3.8, 4) is 0 Å². The Morgan fingerprint density at radius 1 is 1.39 bits per heavy atom. The number of piperidine rings is 1. The minimum atomic E-state index is -3.54. The summed E-state index contributed by atoms with van der Waals surface area (Å²) in [6.07, 6.45) is 5.41. The molecule has 0 aliphatic carbocycles. The van der Waals surface area contributed by atoms with Crippen molar-refractivity contribution < 1.29 is 17.7 Å². The van der Waals surface area contributed by atoms with Crippen molar-refractivity contribution in [2.24, 2.45) is 5.92 Å². The molecule has 2 atom stereocenters. The minimum absolute atomic E-state index is 0.00961. The zero-order chi connectivity index (χ0) is 22.0. The summed E-state index contributed by atoms with van der Waals surface area (Å²) >= 11 is 0. The van der Waals surface area contributed by atoms with Gasteiger partial charge in [0.25, 0.3) is 5.91 Å². The Morgan fingerprint density at radius 3 is 3.00 bits per heavy atom. The quantitative estimate of drug-likeness (QED) is 0.544. The number of likely N-dealkylation sites (N-methyl/N-ethyl adjacent to an activating group) is 1. The molecule has 0 radical (unpaired) electrons. The lowest BCUT2D eigenvalue weighted by atomic mass is 9.93. The number of nitrogens with zero attached hydrogens (tertiary/aromatic N) is 5. The minimum Gasteiger partial charge on any atom is -0.354 e. The van der Waals surface area contributed by atoms with E-state index in [1.807, 2.05) is 24.2 Å². The predicted octanol–water partition coefficient (Wildman–Crippen LogP) is 0.852. The van der Waals surface area contributed by atoms with Crippen molar-refractivity contribution in [3.63, 3.8) is 0 Å². The maximum atomic E-state index is 12.9. The molecule has 0 spiro atoms. The Balaban J connectivity index is 1.42. The fourth-order valence-electron chi connectivity index (χ4n) is 3.92. The van der Waals surface area contributed by atoms with Crippen LogP contribution in [0.25, 0.3) is 11.0 Å². The first-order chi connectivity index (χ1) is 14.9. The van der Waals surface area contributed by atoms with Crippen LogP contribution in [0.4, 0.5) is 5.82 Å². The SMILES string of the molecule is CC1CCN(S(=O)(=O)CCNC(=O)c2ccno2)CC1N(C)c1ncnc2[nH]ccc12. The van der Waals surface area contributed by atoms with Gasteiger partial charge < -0.3 is 19.7 Å². The van der Waals surface area contributed by atoms with Crippen LogP contribution in [0.15, 0.2) is 35.4 Å². The lowest BCUT2D eigenvalue weighted by Gasteiger charge is -2.41. The number of hydrogen-bond acceptors (Lipinski definition) is 8. The molecule has 3 aromatic rings. The molecule has 12 heteroatoms. The van der Waals surface area contributed by atoms with Gasteiger partial charge >= 0.3 is 0 Å². The summed E-state index contributed by atoms with van der Waals surface area (Å²) in [6.45, 7) is 2.92. The molecule has 1 amide bonds. The molecule has 166 valence electrons. The van der Waals surface area contributed by atoms with Crippen LogP contribution in [-0.4, -0.2) is 77.2 Å². The first-order valence-corrected chi connectivity index (χ1v) is 11.7. The summed E-state index contributed by atoms with van der Waals surface area (Å²) in [6, 6.07) is 3.30. The van der Waals surface area contributed by atoms with Crippen LogP contribution in [-0.2, 0) is 10.0 Å². The van der Waals surface area contributed by atoms with Gasteiger partial charge in [-0.3, -0.25) is 4.79 Å². The average molecular weight is 448 g/mol. The second-order valence-electron chi connectivity index (χ2n) is 7.69. The summed E-state index contributed by atoms with van der Waals surface area (Å²) in [5.74, 6) is 0.421. The van der Waals surface area contributed by atoms with E-state index < -0.39 is 15.9 Å². The first kappa shape index (κ1) is 21.2. The molecule has 1 saturated heterocycles. The molecule has 4 heterocycles. The monoisotopic (exact) mass is 447 g/mol. The highest BCUT2D eigenvalue weighted by Gasteiger charge is 2.35. The van der Waals surface area contributed by atoms with Gasteiger partial charge in [-0.15, -0.1) is 0 Å². The standard InChI is InChI=1S/C19H25N7O4S/c1-13-5-9-26(31(28,29)10-8-21-19(27)16-4-7-24-30-16)11-15(13)25(2)18-14-3-6-20-17(14)22-12-23-18/h3-4,6-7,12-13,15H,5,8-11H2,1-2H3,(H,21,27)(H,20,22,23). The van der Waals surface area contributed by atoms with E-state index in [1.165, 1.54) is 22.9 Å². The Morgan fingerprint density at radius 2 is 2.23 bits per heavy atom. The number of hydrogen-bond donors (Lipinski definition) is 2. The Kier molecular flexibility index (Phi) is 5.92. The zero-order valence-electron chi connectivity index (χ0n) is 17.4. The molecule has 11 nitrogen and oxygen atoms in total. The smallest absolute Gasteiger partial charge is 0.289 e. The van der Waals surface area contributed by atoms with E-state index in [9.17, 15) is 13.2 Å². The lowest BCUT2D eigenvalue weighted by molar-refractivity contribution is 0.0919. The van der Waals surface area contributed by atoms with Gasteiger partial charge in [0, 0.05) is 45.0 Å². The zero-order valence-corrected chi connectivity index (χ0v) is 18.2. The lowest BCUT2D eigenvalue weighted by Crippen LogP contribution is -2.53. The van der Waals surface area contributed by atoms with E-state index in [1.54, 1.807) is 0 Å². The Bertz CT molecular complexity index is 1150. The van der Waals surface area contributed by atoms with Crippen LogP contribution in [0.1, 0.15) is 23.9 Å². The van der Waals surface area contributed by atoms with E-state index in [2.05, 4.69) is 32.3 Å². The molecule has 2 N–H and O–H groups in total. The molecular weight excluding hydrogens is 422 g/mol. The maximum absolute atomic E-state index is 12.9. The summed E-state index contributed by atoms with van der Waals surface area (Å²) < 4.78 is 32.1. The van der Waals surface area contributed by atoms with Crippen LogP contribution >= 0.6 is 0 Å². The van der Waals surface area contributed by atoms with Crippen molar-refractivity contribution >= 4 is 32.8 Å². The third-order valence-corrected chi connectivity index (χ3v) is 7.58. The van der Waals surface area contributed by atoms with E-state index in [0.717, 1.165) is 23.3 Å². The number of amides is 1. The summed E-state index contributed by atoms with van der Waals surface area (Å²) in [7, 11) is -1.61. The van der Waals surface area contributed by atoms with Crippen LogP contribution in [0.5, 0.6) is 0 Å². The molecule has 0 aromatic carbocycles. The number of H-pyrrole nitrogens is 1. The van der Waals surface area contributed by atoms with Gasteiger partial charge in [0.05, 0.1) is 17.3 Å². The number of anilines is 1. The molecule has 0 saturated carbocycles. The number of aromatic amines is 1. The number of carbonyl (C=O) groups is 1. The first-order valence-electron chi connectivity index (χ1n) is 10.0. The van der Waals surface area contributed by atoms with Crippen molar-refractivity contribution in [1.82, 2.24) is 29.7 Å². The van der Waals surface area contributed by atoms with Crippen molar-refractivity contribution in [2.45, 2.75) is 19.4 Å². The molecule has 4 rings (SSSR count). The number of carbonyl (C=O) groups excluding carboxylic acids is 1. The molecule has 2 unspecified atom stereocenters. The molecular formula is C19H25N7O4S. The highest BCUT2D eigenvalue weighted by atomic mass is 32.2. The predicted molar refractivity (Wildman–Crippen MR) is 114 cm³/mol. The van der Waals surface area contributed by atoms with Crippen molar-refractivity contribution in [2.75, 3.05) is 37.3 Å². The summed E-state index contributed by atoms with van der Waals surface area (Å²) in [4.78, 5) is 25.7. The number of nitrogens with one attached hydrogen (secondary N) is 2. The van der Waals surface area contributed by atoms with Crippen LogP contribution < -0.4 is 10.2 Å². The molecule has 1 aliphatic heterocycles. The topological polar surface area (TPSA) is 137 Å². The van der Waals surface area contributed by atoms with Crippen molar-refractivity contribution in [3.05, 3.63) is 36.6 Å². The number of aromatic nitrogens is 4. The normalized spacial score (nSPS) is 20.1. The van der Waals surface area contributed by atoms with Gasteiger partial charge in [-0.1, -0.05) is 12.1 Å². The van der Waals surface area contributed by atoms with Gasteiger partial charge in [0.2, 0.25) is 15.8 Å². The Hall–Kier alpha value is -2.99. The van der Waals surface area contributed by atoms with Gasteiger partial charge in [0.15, 0.2) is 0 Å². The van der Waals surface area contributed by atoms with Crippen LogP contribution in [0.2, 0.25) is 0 Å².